The Morgan fingerprint density at radius 1 is 0.474 bits per heavy atom. The van der Waals surface area contributed by atoms with Gasteiger partial charge in [0, 0.05) is 12.8 Å². The van der Waals surface area contributed by atoms with Gasteiger partial charge in [0.25, 0.3) is 0 Å². The lowest BCUT2D eigenvalue weighted by molar-refractivity contribution is -0.870. The quantitative estimate of drug-likeness (QED) is 0.0205. The van der Waals surface area contributed by atoms with Gasteiger partial charge in [0.15, 0.2) is 0 Å². The van der Waals surface area contributed by atoms with E-state index in [1.807, 2.05) is 33.3 Å². The Hall–Kier alpha value is -3.07. The highest BCUT2D eigenvalue weighted by Crippen LogP contribution is 2.43. The minimum Gasteiger partial charge on any atom is -0.456 e. The number of esters is 1. The second kappa shape index (κ2) is 55.3. The monoisotopic (exact) mass is 1080 g/mol. The molecule has 0 saturated heterocycles. The Morgan fingerprint density at radius 2 is 0.842 bits per heavy atom. The number of phosphoric acid groups is 1. The number of amides is 1. The SMILES string of the molecule is CC/C=C\C/C=C\C/C=C\C/C=C\C/C=C\CCCCCCCCCCCC(=O)OC(/C=C\CCCCCCCCCCC)C(COP(=O)(O)OCC[N+](C)(C)C)NC(=O)CCCCCCCCC/C=C/C/C=C/CC. The van der Waals surface area contributed by atoms with E-state index >= 15 is 0 Å². The maximum absolute atomic E-state index is 13.5. The van der Waals surface area contributed by atoms with Crippen molar-refractivity contribution >= 4 is 19.7 Å². The van der Waals surface area contributed by atoms with Gasteiger partial charge in [-0.3, -0.25) is 18.6 Å². The number of unbranched alkanes of at least 4 members (excludes halogenated alkanes) is 25. The number of carbonyl (C=O) groups is 2. The molecule has 0 spiro atoms. The van der Waals surface area contributed by atoms with Crippen LogP contribution in [0.1, 0.15) is 258 Å². The molecule has 9 nitrogen and oxygen atoms in total. The van der Waals surface area contributed by atoms with Crippen LogP contribution in [-0.4, -0.2) is 74.3 Å². The number of ether oxygens (including phenoxy) is 1. The van der Waals surface area contributed by atoms with Gasteiger partial charge < -0.3 is 19.4 Å². The second-order valence-electron chi connectivity index (χ2n) is 21.8. The molecule has 0 aromatic rings. The molecule has 0 bridgehead atoms. The van der Waals surface area contributed by atoms with Gasteiger partial charge in [0.1, 0.15) is 19.3 Å². The van der Waals surface area contributed by atoms with Crippen molar-refractivity contribution in [2.45, 2.75) is 270 Å². The van der Waals surface area contributed by atoms with E-state index < -0.39 is 20.0 Å². The highest BCUT2D eigenvalue weighted by Gasteiger charge is 2.30. The topological polar surface area (TPSA) is 111 Å². The molecule has 2 N–H and O–H groups in total. The molecule has 76 heavy (non-hydrogen) atoms. The van der Waals surface area contributed by atoms with E-state index in [1.54, 1.807) is 0 Å². The first-order valence-corrected chi connectivity index (χ1v) is 32.6. The summed E-state index contributed by atoms with van der Waals surface area (Å²) < 4.78 is 30.7. The van der Waals surface area contributed by atoms with Gasteiger partial charge in [-0.05, 0) is 102 Å². The number of quaternary nitrogens is 1. The minimum absolute atomic E-state index is 0.0335. The molecule has 1 amide bonds. The van der Waals surface area contributed by atoms with Crippen LogP contribution < -0.4 is 5.32 Å². The molecule has 0 aromatic heterocycles. The Bertz CT molecular complexity index is 1620. The van der Waals surface area contributed by atoms with Crippen molar-refractivity contribution in [2.75, 3.05) is 40.9 Å². The van der Waals surface area contributed by atoms with Crippen molar-refractivity contribution in [3.63, 3.8) is 0 Å². The van der Waals surface area contributed by atoms with Crippen molar-refractivity contribution in [2.24, 2.45) is 0 Å². The Labute approximate surface area is 468 Å². The van der Waals surface area contributed by atoms with Crippen molar-refractivity contribution in [1.29, 1.82) is 0 Å². The van der Waals surface area contributed by atoms with E-state index in [0.717, 1.165) is 128 Å². The first-order chi connectivity index (χ1) is 36.9. The molecular formula is C66H118N2O7P+. The lowest BCUT2D eigenvalue weighted by atomic mass is 10.0. The van der Waals surface area contributed by atoms with Crippen LogP contribution in [-0.2, 0) is 27.9 Å². The molecule has 3 atom stereocenters. The standard InChI is InChI=1S/C66H117N2O7P/c1-7-10-13-16-19-22-25-27-29-30-31-32-33-34-35-36-37-38-39-41-44-47-50-53-56-59-66(70)75-64(57-54-51-48-45-42-24-21-18-15-12-9-3)63(62-74-76(71,72)73-61-60-68(4,5)6)67-65(69)58-55-52-49-46-43-40-28-26-23-20-17-14-11-8-2/h10-11,13-14,19-20,22-23,27,29,31-32,34-35,54,57,63-64H,7-9,12,15-18,21,24-26,28,30,33,36-53,55-56,58-62H2,1-6H3,(H-,67,69,71,72)/p+1/b13-10-,14-11+,22-19-,23-20+,29-27-,32-31-,35-34-,57-54-. The van der Waals surface area contributed by atoms with Gasteiger partial charge in [-0.2, -0.15) is 0 Å². The summed E-state index contributed by atoms with van der Waals surface area (Å²) in [5.41, 5.74) is 0. The Kier molecular flexibility index (Phi) is 53.0. The summed E-state index contributed by atoms with van der Waals surface area (Å²) in [4.78, 5) is 37.7. The van der Waals surface area contributed by atoms with Crippen LogP contribution >= 0.6 is 7.82 Å². The third kappa shape index (κ3) is 55.7. The molecule has 0 aromatic carbocycles. The average molecular weight is 1080 g/mol. The van der Waals surface area contributed by atoms with Crippen LogP contribution in [0.15, 0.2) is 97.2 Å². The number of nitrogens with zero attached hydrogens (tertiary/aromatic N) is 1. The zero-order valence-corrected chi connectivity index (χ0v) is 50.9. The van der Waals surface area contributed by atoms with E-state index in [4.69, 9.17) is 13.8 Å². The van der Waals surface area contributed by atoms with Crippen LogP contribution in [0.2, 0.25) is 0 Å². The molecule has 0 rings (SSSR count). The van der Waals surface area contributed by atoms with Crippen LogP contribution in [0.4, 0.5) is 0 Å². The predicted molar refractivity (Wildman–Crippen MR) is 327 cm³/mol. The van der Waals surface area contributed by atoms with Crippen molar-refractivity contribution in [1.82, 2.24) is 5.32 Å². The van der Waals surface area contributed by atoms with Gasteiger partial charge in [0.05, 0.1) is 33.8 Å². The van der Waals surface area contributed by atoms with Gasteiger partial charge >= 0.3 is 13.8 Å². The summed E-state index contributed by atoms with van der Waals surface area (Å²) in [6.45, 7) is 6.77. The number of allylic oxidation sites excluding steroid dienone is 15. The van der Waals surface area contributed by atoms with Crippen LogP contribution in [0.5, 0.6) is 0 Å². The predicted octanol–water partition coefficient (Wildman–Crippen LogP) is 19.2. The molecule has 438 valence electrons. The number of hydrogen-bond acceptors (Lipinski definition) is 6. The molecule has 0 aliphatic carbocycles. The molecule has 0 aliphatic heterocycles. The van der Waals surface area contributed by atoms with Gasteiger partial charge in [0.2, 0.25) is 5.91 Å². The molecule has 10 heteroatoms. The number of carbonyl (C=O) groups excluding carboxylic acids is 2. The molecule has 0 aliphatic rings. The lowest BCUT2D eigenvalue weighted by Crippen LogP contribution is -2.47. The summed E-state index contributed by atoms with van der Waals surface area (Å²) in [6.07, 6.45) is 74.1. The van der Waals surface area contributed by atoms with Crippen LogP contribution in [0, 0.1) is 0 Å². The fraction of sp³-hybridized carbons (Fsp3) is 0.727. The van der Waals surface area contributed by atoms with Crippen molar-refractivity contribution in [3.8, 4) is 0 Å². The van der Waals surface area contributed by atoms with E-state index in [-0.39, 0.29) is 31.5 Å². The molecule has 0 saturated carbocycles. The highest BCUT2D eigenvalue weighted by molar-refractivity contribution is 7.47. The summed E-state index contributed by atoms with van der Waals surface area (Å²) >= 11 is 0. The minimum atomic E-state index is -4.45. The number of hydrogen-bond donors (Lipinski definition) is 2. The number of rotatable bonds is 55. The van der Waals surface area contributed by atoms with Gasteiger partial charge in [-0.15, -0.1) is 0 Å². The normalized spacial score (nSPS) is 14.4. The van der Waals surface area contributed by atoms with E-state index in [9.17, 15) is 19.0 Å². The molecular weight excluding hydrogens is 964 g/mol. The molecule has 0 radical (unpaired) electrons. The molecule has 0 fully saturated rings. The summed E-state index contributed by atoms with van der Waals surface area (Å²) in [5, 5.41) is 3.04. The smallest absolute Gasteiger partial charge is 0.456 e. The number of phosphoric ester groups is 1. The van der Waals surface area contributed by atoms with Crippen molar-refractivity contribution < 1.29 is 37.3 Å². The fourth-order valence-corrected chi connectivity index (χ4v) is 9.27. The first-order valence-electron chi connectivity index (χ1n) is 31.1. The zero-order valence-electron chi connectivity index (χ0n) is 50.0. The van der Waals surface area contributed by atoms with E-state index in [1.165, 1.54) is 96.3 Å². The summed E-state index contributed by atoms with van der Waals surface area (Å²) in [5.74, 6) is -0.525. The average Bonchev–Trinajstić information content (AvgIpc) is 3.38. The first kappa shape index (κ1) is 72.9. The summed E-state index contributed by atoms with van der Waals surface area (Å²) in [6, 6.07) is -0.859. The molecule has 0 heterocycles. The number of nitrogens with one attached hydrogen (secondary N) is 1. The van der Waals surface area contributed by atoms with E-state index in [0.29, 0.717) is 17.4 Å². The summed E-state index contributed by atoms with van der Waals surface area (Å²) in [7, 11) is 1.48. The maximum atomic E-state index is 13.5. The zero-order chi connectivity index (χ0) is 55.7. The highest BCUT2D eigenvalue weighted by atomic mass is 31.2. The fourth-order valence-electron chi connectivity index (χ4n) is 8.53. The lowest BCUT2D eigenvalue weighted by Gasteiger charge is -2.27. The molecule has 3 unspecified atom stereocenters. The van der Waals surface area contributed by atoms with Crippen LogP contribution in [0.3, 0.4) is 0 Å². The van der Waals surface area contributed by atoms with Gasteiger partial charge in [-0.25, -0.2) is 4.57 Å². The van der Waals surface area contributed by atoms with Crippen molar-refractivity contribution in [3.05, 3.63) is 97.2 Å². The number of likely N-dealkylation sites (N-methyl/N-ethyl adjacent to an activating group) is 1. The van der Waals surface area contributed by atoms with Crippen LogP contribution in [0.25, 0.3) is 0 Å². The third-order valence-electron chi connectivity index (χ3n) is 13.3. The third-order valence-corrected chi connectivity index (χ3v) is 14.3. The maximum Gasteiger partial charge on any atom is 0.472 e. The Morgan fingerprint density at radius 3 is 1.26 bits per heavy atom. The van der Waals surface area contributed by atoms with Gasteiger partial charge in [-0.1, -0.05) is 240 Å². The van der Waals surface area contributed by atoms with E-state index in [2.05, 4.69) is 111 Å². The second-order valence-corrected chi connectivity index (χ2v) is 23.3. The largest absolute Gasteiger partial charge is 0.472 e. The Balaban J connectivity index is 5.14.